The third-order valence-corrected chi connectivity index (χ3v) is 4.45. The molecule has 0 aromatic heterocycles. The molecule has 0 aliphatic carbocycles. The molecule has 1 aliphatic heterocycles. The van der Waals surface area contributed by atoms with Crippen LogP contribution in [0.4, 0.5) is 13.2 Å². The summed E-state index contributed by atoms with van der Waals surface area (Å²) in [6.45, 7) is 8.49. The van der Waals surface area contributed by atoms with Gasteiger partial charge in [-0.25, -0.2) is 0 Å². The zero-order valence-corrected chi connectivity index (χ0v) is 15.2. The molecule has 1 heterocycles. The minimum absolute atomic E-state index is 0.0561. The van der Waals surface area contributed by atoms with Crippen molar-refractivity contribution in [2.45, 2.75) is 39.2 Å². The molecule has 0 radical (unpaired) electrons. The molecule has 1 atom stereocenters. The normalized spacial score (nSPS) is 17.7. The van der Waals surface area contributed by atoms with Crippen LogP contribution in [0.25, 0.3) is 0 Å². The Labute approximate surface area is 152 Å². The van der Waals surface area contributed by atoms with Crippen molar-refractivity contribution < 1.29 is 22.7 Å². The van der Waals surface area contributed by atoms with Gasteiger partial charge in [-0.15, -0.1) is 13.2 Å². The molecule has 1 saturated heterocycles. The summed E-state index contributed by atoms with van der Waals surface area (Å²) in [5.74, 6) is -0.154. The molecule has 26 heavy (non-hydrogen) atoms. The highest BCUT2D eigenvalue weighted by Gasteiger charge is 2.31. The minimum atomic E-state index is -4.67. The lowest BCUT2D eigenvalue weighted by molar-refractivity contribution is -0.274. The number of amides is 1. The van der Waals surface area contributed by atoms with Gasteiger partial charge in [0.15, 0.2) is 0 Å². The molecule has 1 aromatic carbocycles. The standard InChI is InChI=1S/C18H26F3N3O2/c1-3-8-22-17(25)14(2)24-11-9-23(10-12-24)13-15-4-6-16(7-5-15)26-18(19,20)21/h4-7,14H,3,8-13H2,1-2H3,(H,22,25). The van der Waals surface area contributed by atoms with E-state index in [9.17, 15) is 18.0 Å². The minimum Gasteiger partial charge on any atom is -0.406 e. The number of alkyl halides is 3. The van der Waals surface area contributed by atoms with Crippen LogP contribution < -0.4 is 10.1 Å². The van der Waals surface area contributed by atoms with E-state index < -0.39 is 6.36 Å². The maximum Gasteiger partial charge on any atom is 0.573 e. The topological polar surface area (TPSA) is 44.8 Å². The van der Waals surface area contributed by atoms with E-state index in [1.54, 1.807) is 12.1 Å². The van der Waals surface area contributed by atoms with Crippen LogP contribution in [0.15, 0.2) is 24.3 Å². The number of piperazine rings is 1. The highest BCUT2D eigenvalue weighted by Crippen LogP contribution is 2.23. The third kappa shape index (κ3) is 6.49. The van der Waals surface area contributed by atoms with Gasteiger partial charge in [0.25, 0.3) is 0 Å². The first-order valence-corrected chi connectivity index (χ1v) is 8.87. The molecule has 5 nitrogen and oxygen atoms in total. The van der Waals surface area contributed by atoms with Crippen molar-refractivity contribution >= 4 is 5.91 Å². The Balaban J connectivity index is 1.78. The second-order valence-electron chi connectivity index (χ2n) is 6.47. The Morgan fingerprint density at radius 2 is 1.81 bits per heavy atom. The lowest BCUT2D eigenvalue weighted by atomic mass is 10.1. The van der Waals surface area contributed by atoms with E-state index in [1.807, 2.05) is 13.8 Å². The van der Waals surface area contributed by atoms with E-state index in [-0.39, 0.29) is 17.7 Å². The van der Waals surface area contributed by atoms with Gasteiger partial charge in [0.1, 0.15) is 5.75 Å². The second kappa shape index (κ2) is 9.23. The number of nitrogens with one attached hydrogen (secondary N) is 1. The fourth-order valence-electron chi connectivity index (χ4n) is 2.93. The summed E-state index contributed by atoms with van der Waals surface area (Å²) in [5, 5.41) is 2.92. The maximum absolute atomic E-state index is 12.2. The lowest BCUT2D eigenvalue weighted by Crippen LogP contribution is -2.53. The number of ether oxygens (including phenoxy) is 1. The van der Waals surface area contributed by atoms with Crippen LogP contribution >= 0.6 is 0 Å². The predicted molar refractivity (Wildman–Crippen MR) is 92.7 cm³/mol. The summed E-state index contributed by atoms with van der Waals surface area (Å²) in [6.07, 6.45) is -3.75. The van der Waals surface area contributed by atoms with Crippen molar-refractivity contribution in [2.75, 3.05) is 32.7 Å². The van der Waals surface area contributed by atoms with Gasteiger partial charge in [0.05, 0.1) is 6.04 Å². The number of hydrogen-bond donors (Lipinski definition) is 1. The molecule has 1 aromatic rings. The summed E-state index contributed by atoms with van der Waals surface area (Å²) in [7, 11) is 0. The highest BCUT2D eigenvalue weighted by molar-refractivity contribution is 5.81. The first kappa shape index (κ1) is 20.5. The molecule has 1 amide bonds. The van der Waals surface area contributed by atoms with Gasteiger partial charge in [-0.1, -0.05) is 19.1 Å². The quantitative estimate of drug-likeness (QED) is 0.798. The summed E-state index contributed by atoms with van der Waals surface area (Å²) < 4.78 is 40.4. The molecule has 146 valence electrons. The number of hydrogen-bond acceptors (Lipinski definition) is 4. The van der Waals surface area contributed by atoms with Crippen LogP contribution in [0.3, 0.4) is 0 Å². The highest BCUT2D eigenvalue weighted by atomic mass is 19.4. The third-order valence-electron chi connectivity index (χ3n) is 4.45. The predicted octanol–water partition coefficient (Wildman–Crippen LogP) is 2.62. The smallest absolute Gasteiger partial charge is 0.406 e. The van der Waals surface area contributed by atoms with Crippen LogP contribution in [0, 0.1) is 0 Å². The average molecular weight is 373 g/mol. The average Bonchev–Trinajstić information content (AvgIpc) is 2.60. The Morgan fingerprint density at radius 1 is 1.19 bits per heavy atom. The summed E-state index contributed by atoms with van der Waals surface area (Å²) in [5.41, 5.74) is 0.932. The Kier molecular flexibility index (Phi) is 7.28. The molecule has 8 heteroatoms. The Hall–Kier alpha value is -1.80. The fraction of sp³-hybridized carbons (Fsp3) is 0.611. The molecular weight excluding hydrogens is 347 g/mol. The molecule has 0 saturated carbocycles. The van der Waals surface area contributed by atoms with Gasteiger partial charge in [-0.05, 0) is 31.0 Å². The lowest BCUT2D eigenvalue weighted by Gasteiger charge is -2.37. The van der Waals surface area contributed by atoms with Gasteiger partial charge in [-0.2, -0.15) is 0 Å². The van der Waals surface area contributed by atoms with Crippen molar-refractivity contribution in [3.63, 3.8) is 0 Å². The van der Waals surface area contributed by atoms with Gasteiger partial charge in [-0.3, -0.25) is 14.6 Å². The number of halogens is 3. The first-order valence-electron chi connectivity index (χ1n) is 8.87. The van der Waals surface area contributed by atoms with E-state index in [0.29, 0.717) is 13.1 Å². The number of carbonyl (C=O) groups is 1. The molecule has 0 spiro atoms. The van der Waals surface area contributed by atoms with Gasteiger partial charge >= 0.3 is 6.36 Å². The fourth-order valence-corrected chi connectivity index (χ4v) is 2.93. The molecule has 1 unspecified atom stereocenters. The Bertz CT molecular complexity index is 570. The van der Waals surface area contributed by atoms with E-state index >= 15 is 0 Å². The molecule has 1 N–H and O–H groups in total. The van der Waals surface area contributed by atoms with E-state index in [0.717, 1.165) is 38.2 Å². The van der Waals surface area contributed by atoms with Crippen molar-refractivity contribution in [3.05, 3.63) is 29.8 Å². The van der Waals surface area contributed by atoms with Crippen molar-refractivity contribution in [2.24, 2.45) is 0 Å². The van der Waals surface area contributed by atoms with Crippen molar-refractivity contribution in [3.8, 4) is 5.75 Å². The van der Waals surface area contributed by atoms with Crippen LogP contribution in [-0.2, 0) is 11.3 Å². The summed E-state index contributed by atoms with van der Waals surface area (Å²) >= 11 is 0. The molecule has 1 aliphatic rings. The SMILES string of the molecule is CCCNC(=O)C(C)N1CCN(Cc2ccc(OC(F)(F)F)cc2)CC1. The van der Waals surface area contributed by atoms with E-state index in [4.69, 9.17) is 0 Å². The van der Waals surface area contributed by atoms with Gasteiger partial charge < -0.3 is 10.1 Å². The molecular formula is C18H26F3N3O2. The zero-order valence-electron chi connectivity index (χ0n) is 15.2. The largest absolute Gasteiger partial charge is 0.573 e. The number of benzene rings is 1. The molecule has 2 rings (SSSR count). The molecule has 1 fully saturated rings. The number of nitrogens with zero attached hydrogens (tertiary/aromatic N) is 2. The van der Waals surface area contributed by atoms with Crippen LogP contribution in [0.2, 0.25) is 0 Å². The van der Waals surface area contributed by atoms with Crippen molar-refractivity contribution in [1.29, 1.82) is 0 Å². The summed E-state index contributed by atoms with van der Waals surface area (Å²) in [4.78, 5) is 16.4. The first-order chi connectivity index (χ1) is 12.3. The maximum atomic E-state index is 12.2. The summed E-state index contributed by atoms with van der Waals surface area (Å²) in [6, 6.07) is 5.81. The molecule has 0 bridgehead atoms. The van der Waals surface area contributed by atoms with E-state index in [2.05, 4.69) is 19.9 Å². The number of rotatable bonds is 7. The Morgan fingerprint density at radius 3 is 2.35 bits per heavy atom. The van der Waals surface area contributed by atoms with Crippen LogP contribution in [0.1, 0.15) is 25.8 Å². The van der Waals surface area contributed by atoms with E-state index in [1.165, 1.54) is 12.1 Å². The van der Waals surface area contributed by atoms with Gasteiger partial charge in [0, 0.05) is 39.3 Å². The van der Waals surface area contributed by atoms with Crippen LogP contribution in [-0.4, -0.2) is 60.8 Å². The van der Waals surface area contributed by atoms with Gasteiger partial charge in [0.2, 0.25) is 5.91 Å². The number of carbonyl (C=O) groups excluding carboxylic acids is 1. The van der Waals surface area contributed by atoms with Crippen molar-refractivity contribution in [1.82, 2.24) is 15.1 Å². The zero-order chi connectivity index (χ0) is 19.2. The van der Waals surface area contributed by atoms with Crippen LogP contribution in [0.5, 0.6) is 5.75 Å². The second-order valence-corrected chi connectivity index (χ2v) is 6.47. The monoisotopic (exact) mass is 373 g/mol.